The van der Waals surface area contributed by atoms with E-state index in [2.05, 4.69) is 11.3 Å². The van der Waals surface area contributed by atoms with Crippen molar-refractivity contribution in [2.75, 3.05) is 0 Å². The van der Waals surface area contributed by atoms with Gasteiger partial charge in [-0.1, -0.05) is 0 Å². The van der Waals surface area contributed by atoms with Crippen LogP contribution in [0.2, 0.25) is 0 Å². The lowest BCUT2D eigenvalue weighted by Gasteiger charge is -1.98. The number of hydrogen-bond donors (Lipinski definition) is 2. The molecule has 10 heavy (non-hydrogen) atoms. The quantitative estimate of drug-likeness (QED) is 0.579. The average molecular weight is 161 g/mol. The van der Waals surface area contributed by atoms with Gasteiger partial charge in [-0.05, 0) is 6.92 Å². The smallest absolute Gasteiger partial charge is 0.359 e. The second kappa shape index (κ2) is 2.23. The molecule has 0 saturated heterocycles. The highest BCUT2D eigenvalue weighted by Crippen LogP contribution is 2.34. The minimum absolute atomic E-state index is 0.146. The van der Waals surface area contributed by atoms with Crippen molar-refractivity contribution < 1.29 is 18.8 Å². The summed E-state index contributed by atoms with van der Waals surface area (Å²) < 4.78 is 15.0. The topological polar surface area (TPSA) is 70.7 Å². The van der Waals surface area contributed by atoms with E-state index in [9.17, 15) is 4.57 Å². The molecule has 5 heteroatoms. The molecule has 0 aliphatic carbocycles. The third kappa shape index (κ3) is 1.29. The zero-order valence-corrected chi connectivity index (χ0v) is 5.91. The lowest BCUT2D eigenvalue weighted by molar-refractivity contribution is 0.387. The molecule has 0 spiro atoms. The van der Waals surface area contributed by atoms with Gasteiger partial charge in [-0.15, -0.1) is 0 Å². The van der Waals surface area contributed by atoms with Crippen molar-refractivity contribution in [1.82, 2.24) is 0 Å². The van der Waals surface area contributed by atoms with Crippen LogP contribution in [0.5, 0.6) is 0 Å². The summed E-state index contributed by atoms with van der Waals surface area (Å²) in [5.74, 6) is 0. The molecule has 0 amide bonds. The molecule has 1 heterocycles. The fourth-order valence-corrected chi connectivity index (χ4v) is 1.20. The predicted octanol–water partition coefficient (Wildman–Crippen LogP) is 0.265. The molecule has 4 nitrogen and oxygen atoms in total. The van der Waals surface area contributed by atoms with Gasteiger partial charge in [0.15, 0.2) is 0 Å². The van der Waals surface area contributed by atoms with E-state index >= 15 is 0 Å². The molecule has 0 bridgehead atoms. The molecular weight excluding hydrogens is 155 g/mol. The van der Waals surface area contributed by atoms with Crippen molar-refractivity contribution in [2.45, 2.75) is 0 Å². The van der Waals surface area contributed by atoms with Crippen LogP contribution in [0, 0.1) is 6.92 Å². The van der Waals surface area contributed by atoms with Crippen LogP contribution in [-0.4, -0.2) is 9.79 Å². The Labute approximate surface area is 57.6 Å². The summed E-state index contributed by atoms with van der Waals surface area (Å²) >= 11 is 0. The summed E-state index contributed by atoms with van der Waals surface area (Å²) in [5, 5.41) is -0.146. The fourth-order valence-electron chi connectivity index (χ4n) is 0.572. The molecule has 0 atom stereocenters. The summed E-state index contributed by atoms with van der Waals surface area (Å²) in [6.45, 7) is 3.36. The number of hydrogen-bond acceptors (Lipinski definition) is 2. The molecule has 1 radical (unpaired) electrons. The molecule has 0 aromatic carbocycles. The molecule has 1 aromatic rings. The average Bonchev–Trinajstić information content (AvgIpc) is 2.11. The normalized spacial score (nSPS) is 11.9. The van der Waals surface area contributed by atoms with Gasteiger partial charge in [0.2, 0.25) is 0 Å². The molecule has 1 rings (SSSR count). The van der Waals surface area contributed by atoms with Crippen molar-refractivity contribution in [3.8, 4) is 0 Å². The maximum Gasteiger partial charge on any atom is 0.359 e. The van der Waals surface area contributed by atoms with Gasteiger partial charge < -0.3 is 14.2 Å². The summed E-state index contributed by atoms with van der Waals surface area (Å²) in [5.41, 5.74) is 0.230. The zero-order valence-electron chi connectivity index (χ0n) is 5.02. The van der Waals surface area contributed by atoms with Crippen LogP contribution in [0.25, 0.3) is 0 Å². The second-order valence-corrected chi connectivity index (χ2v) is 3.40. The highest BCUT2D eigenvalue weighted by atomic mass is 31.2. The Balaban J connectivity index is 3.18. The van der Waals surface area contributed by atoms with Crippen molar-refractivity contribution in [3.63, 3.8) is 0 Å². The second-order valence-electron chi connectivity index (χ2n) is 1.83. The Morgan fingerprint density at radius 1 is 1.50 bits per heavy atom. The standard InChI is InChI=1S/C5H6O4P/c1-4-2-9-3-5(4)10(6,7)8/h2-3H,1H2,(H2,6,7,8). The monoisotopic (exact) mass is 161 g/mol. The van der Waals surface area contributed by atoms with Crippen molar-refractivity contribution in [2.24, 2.45) is 0 Å². The van der Waals surface area contributed by atoms with Crippen LogP contribution >= 0.6 is 7.60 Å². The molecule has 0 aliphatic rings. The third-order valence-corrected chi connectivity index (χ3v) is 2.05. The molecular formula is C5H6O4P. The highest BCUT2D eigenvalue weighted by molar-refractivity contribution is 7.60. The van der Waals surface area contributed by atoms with E-state index < -0.39 is 7.60 Å². The van der Waals surface area contributed by atoms with Gasteiger partial charge in [-0.25, -0.2) is 0 Å². The Morgan fingerprint density at radius 3 is 2.30 bits per heavy atom. The largest absolute Gasteiger partial charge is 0.471 e. The van der Waals surface area contributed by atoms with Gasteiger partial charge >= 0.3 is 7.60 Å². The lowest BCUT2D eigenvalue weighted by atomic mass is 10.4. The molecule has 1 aromatic heterocycles. The van der Waals surface area contributed by atoms with E-state index in [0.717, 1.165) is 6.26 Å². The van der Waals surface area contributed by atoms with Crippen molar-refractivity contribution >= 4 is 12.9 Å². The molecule has 0 fully saturated rings. The van der Waals surface area contributed by atoms with E-state index in [4.69, 9.17) is 9.79 Å². The van der Waals surface area contributed by atoms with E-state index in [-0.39, 0.29) is 10.9 Å². The van der Waals surface area contributed by atoms with Gasteiger partial charge in [0.25, 0.3) is 0 Å². The minimum Gasteiger partial charge on any atom is -0.471 e. The van der Waals surface area contributed by atoms with Crippen LogP contribution in [0.4, 0.5) is 0 Å². The maximum atomic E-state index is 10.5. The third-order valence-electron chi connectivity index (χ3n) is 1.03. The first kappa shape index (κ1) is 7.54. The molecule has 0 unspecified atom stereocenters. The first-order valence-corrected chi connectivity index (χ1v) is 4.07. The molecule has 55 valence electrons. The number of furan rings is 1. The van der Waals surface area contributed by atoms with Gasteiger partial charge in [0.1, 0.15) is 11.6 Å². The van der Waals surface area contributed by atoms with Crippen molar-refractivity contribution in [3.05, 3.63) is 25.0 Å². The number of rotatable bonds is 1. The summed E-state index contributed by atoms with van der Waals surface area (Å²) in [6.07, 6.45) is 2.19. The van der Waals surface area contributed by atoms with Crippen molar-refractivity contribution in [1.29, 1.82) is 0 Å². The van der Waals surface area contributed by atoms with Gasteiger partial charge in [0.05, 0.1) is 6.26 Å². The van der Waals surface area contributed by atoms with E-state index in [1.807, 2.05) is 0 Å². The van der Waals surface area contributed by atoms with Gasteiger partial charge in [-0.3, -0.25) is 4.57 Å². The maximum absolute atomic E-state index is 10.5. The van der Waals surface area contributed by atoms with Gasteiger partial charge in [-0.2, -0.15) is 0 Å². The summed E-state index contributed by atoms with van der Waals surface area (Å²) in [4.78, 5) is 17.1. The zero-order chi connectivity index (χ0) is 7.78. The van der Waals surface area contributed by atoms with Gasteiger partial charge in [0, 0.05) is 5.56 Å². The minimum atomic E-state index is -4.16. The Kier molecular flexibility index (Phi) is 1.68. The van der Waals surface area contributed by atoms with Crippen LogP contribution < -0.4 is 5.30 Å². The van der Waals surface area contributed by atoms with E-state index in [0.29, 0.717) is 0 Å². The molecule has 0 saturated carbocycles. The van der Waals surface area contributed by atoms with Crippen LogP contribution in [0.3, 0.4) is 0 Å². The summed E-state index contributed by atoms with van der Waals surface area (Å²) in [6, 6.07) is 0. The first-order chi connectivity index (χ1) is 4.52. The summed E-state index contributed by atoms with van der Waals surface area (Å²) in [7, 11) is -4.16. The molecule has 0 aliphatic heterocycles. The Hall–Kier alpha value is -0.570. The Morgan fingerprint density at radius 2 is 2.10 bits per heavy atom. The lowest BCUT2D eigenvalue weighted by Crippen LogP contribution is -2.02. The SMILES string of the molecule is [CH2]c1cocc1P(=O)(O)O. The van der Waals surface area contributed by atoms with Crippen LogP contribution in [0.1, 0.15) is 5.56 Å². The first-order valence-electron chi connectivity index (χ1n) is 2.46. The fraction of sp³-hybridized carbons (Fsp3) is 0. The predicted molar refractivity (Wildman–Crippen MR) is 34.8 cm³/mol. The van der Waals surface area contributed by atoms with E-state index in [1.165, 1.54) is 6.26 Å². The van der Waals surface area contributed by atoms with E-state index in [1.54, 1.807) is 0 Å². The highest BCUT2D eigenvalue weighted by Gasteiger charge is 2.21. The molecule has 2 N–H and O–H groups in total. The Bertz CT molecular complexity index is 271. The van der Waals surface area contributed by atoms with Crippen LogP contribution in [-0.2, 0) is 4.57 Å². The van der Waals surface area contributed by atoms with Crippen LogP contribution in [0.15, 0.2) is 16.9 Å².